The number of para-hydroxylation sites is 1. The number of amides is 2. The van der Waals surface area contributed by atoms with E-state index in [1.54, 1.807) is 4.90 Å². The number of ether oxygens (including phenoxy) is 1. The van der Waals surface area contributed by atoms with Crippen LogP contribution in [0, 0.1) is 19.8 Å². The van der Waals surface area contributed by atoms with Gasteiger partial charge in [-0.25, -0.2) is 0 Å². The van der Waals surface area contributed by atoms with Crippen molar-refractivity contribution in [3.8, 4) is 5.75 Å². The van der Waals surface area contributed by atoms with Gasteiger partial charge in [0.15, 0.2) is 6.61 Å². The highest BCUT2D eigenvalue weighted by atomic mass is 16.5. The predicted octanol–water partition coefficient (Wildman–Crippen LogP) is 5.09. The summed E-state index contributed by atoms with van der Waals surface area (Å²) in [4.78, 5) is 28.7. The number of hydrogen-bond acceptors (Lipinski definition) is 3. The normalized spacial score (nSPS) is 11.7. The molecule has 0 spiro atoms. The van der Waals surface area contributed by atoms with Gasteiger partial charge in [-0.05, 0) is 42.5 Å². The minimum absolute atomic E-state index is 0.139. The molecule has 0 aliphatic rings. The SMILES string of the molecule is Cc1cccc(CN(C(=O)COc2ccccc2C)[C@@H](Cc2ccccc2)C(=O)NCC(C)C)c1. The summed E-state index contributed by atoms with van der Waals surface area (Å²) in [6.45, 7) is 8.81. The zero-order valence-electron chi connectivity index (χ0n) is 21.2. The van der Waals surface area contributed by atoms with Crippen molar-refractivity contribution >= 4 is 11.8 Å². The van der Waals surface area contributed by atoms with E-state index in [0.29, 0.717) is 31.2 Å². The van der Waals surface area contributed by atoms with Gasteiger partial charge < -0.3 is 15.0 Å². The fourth-order valence-corrected chi connectivity index (χ4v) is 3.92. The number of carbonyl (C=O) groups excluding carboxylic acids is 2. The Labute approximate surface area is 209 Å². The van der Waals surface area contributed by atoms with Crippen LogP contribution >= 0.6 is 0 Å². The average Bonchev–Trinajstić information content (AvgIpc) is 2.84. The molecule has 35 heavy (non-hydrogen) atoms. The van der Waals surface area contributed by atoms with Crippen molar-refractivity contribution in [1.29, 1.82) is 0 Å². The number of nitrogens with one attached hydrogen (secondary N) is 1. The van der Waals surface area contributed by atoms with Crippen LogP contribution in [-0.2, 0) is 22.6 Å². The van der Waals surface area contributed by atoms with Crippen molar-refractivity contribution in [1.82, 2.24) is 10.2 Å². The summed E-state index contributed by atoms with van der Waals surface area (Å²) < 4.78 is 5.90. The number of aryl methyl sites for hydroxylation is 2. The van der Waals surface area contributed by atoms with Gasteiger partial charge in [0.25, 0.3) is 5.91 Å². The van der Waals surface area contributed by atoms with E-state index in [4.69, 9.17) is 4.74 Å². The molecular weight excluding hydrogens is 436 g/mol. The largest absolute Gasteiger partial charge is 0.484 e. The first-order valence-electron chi connectivity index (χ1n) is 12.2. The molecule has 0 heterocycles. The second kappa shape index (κ2) is 12.7. The summed E-state index contributed by atoms with van der Waals surface area (Å²) >= 11 is 0. The predicted molar refractivity (Wildman–Crippen MR) is 140 cm³/mol. The van der Waals surface area contributed by atoms with Crippen molar-refractivity contribution in [2.45, 2.75) is 46.7 Å². The van der Waals surface area contributed by atoms with Crippen LogP contribution < -0.4 is 10.1 Å². The molecule has 0 bridgehead atoms. The molecule has 0 aliphatic heterocycles. The Bertz CT molecular complexity index is 1110. The highest BCUT2D eigenvalue weighted by Crippen LogP contribution is 2.19. The smallest absolute Gasteiger partial charge is 0.261 e. The Kier molecular flexibility index (Phi) is 9.47. The van der Waals surface area contributed by atoms with Crippen LogP contribution in [0.4, 0.5) is 0 Å². The first-order valence-corrected chi connectivity index (χ1v) is 12.2. The molecule has 0 radical (unpaired) electrons. The van der Waals surface area contributed by atoms with Crippen molar-refractivity contribution in [3.63, 3.8) is 0 Å². The van der Waals surface area contributed by atoms with Gasteiger partial charge in [0.2, 0.25) is 5.91 Å². The molecule has 3 rings (SSSR count). The van der Waals surface area contributed by atoms with Gasteiger partial charge in [0.05, 0.1) is 0 Å². The van der Waals surface area contributed by atoms with E-state index in [0.717, 1.165) is 22.3 Å². The molecule has 184 valence electrons. The Hall–Kier alpha value is -3.60. The fourth-order valence-electron chi connectivity index (χ4n) is 3.92. The molecule has 2 amide bonds. The van der Waals surface area contributed by atoms with Gasteiger partial charge in [0, 0.05) is 19.5 Å². The lowest BCUT2D eigenvalue weighted by atomic mass is 10.0. The molecule has 0 fully saturated rings. The van der Waals surface area contributed by atoms with Gasteiger partial charge in [-0.3, -0.25) is 9.59 Å². The zero-order valence-corrected chi connectivity index (χ0v) is 21.2. The van der Waals surface area contributed by atoms with Gasteiger partial charge in [-0.1, -0.05) is 92.2 Å². The third-order valence-electron chi connectivity index (χ3n) is 5.84. The van der Waals surface area contributed by atoms with Crippen LogP contribution in [0.15, 0.2) is 78.9 Å². The van der Waals surface area contributed by atoms with Gasteiger partial charge >= 0.3 is 0 Å². The first-order chi connectivity index (χ1) is 16.8. The summed E-state index contributed by atoms with van der Waals surface area (Å²) in [5, 5.41) is 3.04. The summed E-state index contributed by atoms with van der Waals surface area (Å²) in [6.07, 6.45) is 0.423. The monoisotopic (exact) mass is 472 g/mol. The van der Waals surface area contributed by atoms with Crippen LogP contribution in [0.5, 0.6) is 5.75 Å². The molecule has 5 nitrogen and oxygen atoms in total. The number of carbonyl (C=O) groups is 2. The van der Waals surface area contributed by atoms with E-state index in [9.17, 15) is 9.59 Å². The molecule has 0 aliphatic carbocycles. The maximum absolute atomic E-state index is 13.6. The lowest BCUT2D eigenvalue weighted by Crippen LogP contribution is -2.52. The Balaban J connectivity index is 1.91. The van der Waals surface area contributed by atoms with Crippen LogP contribution in [-0.4, -0.2) is 35.9 Å². The van der Waals surface area contributed by atoms with E-state index in [2.05, 4.69) is 19.2 Å². The van der Waals surface area contributed by atoms with Crippen LogP contribution in [0.2, 0.25) is 0 Å². The van der Waals surface area contributed by atoms with Gasteiger partial charge in [-0.2, -0.15) is 0 Å². The number of hydrogen-bond donors (Lipinski definition) is 1. The Morgan fingerprint density at radius 1 is 0.886 bits per heavy atom. The molecular formula is C30H36N2O3. The lowest BCUT2D eigenvalue weighted by Gasteiger charge is -2.32. The van der Waals surface area contributed by atoms with Crippen molar-refractivity contribution in [3.05, 3.63) is 101 Å². The van der Waals surface area contributed by atoms with Crippen LogP contribution in [0.3, 0.4) is 0 Å². The topological polar surface area (TPSA) is 58.6 Å². The van der Waals surface area contributed by atoms with Crippen LogP contribution in [0.25, 0.3) is 0 Å². The summed E-state index contributed by atoms with van der Waals surface area (Å²) in [6, 6.07) is 24.8. The third-order valence-corrected chi connectivity index (χ3v) is 5.84. The molecule has 1 N–H and O–H groups in total. The first kappa shape index (κ1) is 26.0. The summed E-state index contributed by atoms with van der Waals surface area (Å²) in [7, 11) is 0. The molecule has 3 aromatic carbocycles. The van der Waals surface area contributed by atoms with Gasteiger partial charge in [-0.15, -0.1) is 0 Å². The van der Waals surface area contributed by atoms with Crippen molar-refractivity contribution in [2.75, 3.05) is 13.2 Å². The molecule has 3 aromatic rings. The van der Waals surface area contributed by atoms with Crippen LogP contribution in [0.1, 0.15) is 36.1 Å². The fraction of sp³-hybridized carbons (Fsp3) is 0.333. The minimum atomic E-state index is -0.662. The molecule has 1 atom stereocenters. The van der Waals surface area contributed by atoms with E-state index in [1.165, 1.54) is 0 Å². The second-order valence-electron chi connectivity index (χ2n) is 9.41. The van der Waals surface area contributed by atoms with Gasteiger partial charge in [0.1, 0.15) is 11.8 Å². The summed E-state index contributed by atoms with van der Waals surface area (Å²) in [5.41, 5.74) is 4.04. The number of benzene rings is 3. The maximum atomic E-state index is 13.6. The third kappa shape index (κ3) is 7.99. The van der Waals surface area contributed by atoms with E-state index in [-0.39, 0.29) is 18.4 Å². The molecule has 0 saturated carbocycles. The molecule has 5 heteroatoms. The second-order valence-corrected chi connectivity index (χ2v) is 9.41. The highest BCUT2D eigenvalue weighted by Gasteiger charge is 2.30. The standard InChI is InChI=1S/C30H36N2O3/c1-22(2)19-31-30(34)27(18-25-13-6-5-7-14-25)32(20-26-15-10-11-23(3)17-26)29(33)21-35-28-16-9-8-12-24(28)4/h5-17,22,27H,18-21H2,1-4H3,(H,31,34)/t27-/m0/s1. The molecule has 0 saturated heterocycles. The number of rotatable bonds is 11. The maximum Gasteiger partial charge on any atom is 0.261 e. The van der Waals surface area contributed by atoms with Crippen molar-refractivity contribution in [2.24, 2.45) is 5.92 Å². The van der Waals surface area contributed by atoms with E-state index < -0.39 is 6.04 Å². The lowest BCUT2D eigenvalue weighted by molar-refractivity contribution is -0.142. The molecule has 0 aromatic heterocycles. The quantitative estimate of drug-likeness (QED) is 0.423. The highest BCUT2D eigenvalue weighted by molar-refractivity contribution is 5.88. The van der Waals surface area contributed by atoms with E-state index >= 15 is 0 Å². The Morgan fingerprint density at radius 2 is 1.57 bits per heavy atom. The molecule has 0 unspecified atom stereocenters. The Morgan fingerprint density at radius 3 is 2.26 bits per heavy atom. The number of nitrogens with zero attached hydrogens (tertiary/aromatic N) is 1. The zero-order chi connectivity index (χ0) is 25.2. The average molecular weight is 473 g/mol. The van der Waals surface area contributed by atoms with Crippen molar-refractivity contribution < 1.29 is 14.3 Å². The summed E-state index contributed by atoms with van der Waals surface area (Å²) in [5.74, 6) is 0.594. The van der Waals surface area contributed by atoms with E-state index in [1.807, 2.05) is 92.7 Å². The minimum Gasteiger partial charge on any atom is -0.484 e.